The van der Waals surface area contributed by atoms with Gasteiger partial charge in [0.15, 0.2) is 11.6 Å². The van der Waals surface area contributed by atoms with E-state index in [4.69, 9.17) is 4.74 Å². The smallest absolute Gasteiger partial charge is 0.220 e. The molecule has 0 spiro atoms. The van der Waals surface area contributed by atoms with Crippen LogP contribution in [0.4, 0.5) is 13.2 Å². The van der Waals surface area contributed by atoms with Crippen molar-refractivity contribution in [1.82, 2.24) is 15.1 Å². The van der Waals surface area contributed by atoms with Crippen LogP contribution in [-0.4, -0.2) is 22.8 Å². The second-order valence-electron chi connectivity index (χ2n) is 7.63. The van der Waals surface area contributed by atoms with Gasteiger partial charge in [-0.2, -0.15) is 5.10 Å². The number of nitrogens with one attached hydrogen (secondary N) is 1. The zero-order valence-electron chi connectivity index (χ0n) is 18.4. The number of aryl methyl sites for hydroxylation is 1. The molecule has 1 aromatic heterocycles. The summed E-state index contributed by atoms with van der Waals surface area (Å²) in [6, 6.07) is 19.1. The van der Waals surface area contributed by atoms with E-state index in [1.54, 1.807) is 23.9 Å². The highest BCUT2D eigenvalue weighted by atomic mass is 19.2. The summed E-state index contributed by atoms with van der Waals surface area (Å²) < 4.78 is 47.5. The Hall–Kier alpha value is -4.07. The summed E-state index contributed by atoms with van der Waals surface area (Å²) in [6.07, 6.45) is 0.439. The number of carbonyl (C=O) groups is 1. The lowest BCUT2D eigenvalue weighted by molar-refractivity contribution is -0.121. The van der Waals surface area contributed by atoms with Crippen LogP contribution in [0.15, 0.2) is 72.8 Å². The minimum absolute atomic E-state index is 0.0794. The monoisotopic (exact) mass is 465 g/mol. The molecule has 4 rings (SSSR count). The SMILES string of the molecule is COc1ccc(-n2nc(CCC(=O)NCc3cccc(F)c3F)cc2-c2ccc(F)cc2)cc1. The molecule has 0 aliphatic rings. The van der Waals surface area contributed by atoms with Gasteiger partial charge in [-0.05, 0) is 60.7 Å². The molecular formula is C26H22F3N3O2. The minimum atomic E-state index is -0.968. The molecule has 0 unspecified atom stereocenters. The van der Waals surface area contributed by atoms with Crippen molar-refractivity contribution in [2.75, 3.05) is 7.11 Å². The predicted octanol–water partition coefficient (Wildman–Crippen LogP) is 5.21. The van der Waals surface area contributed by atoms with Crippen molar-refractivity contribution in [3.63, 3.8) is 0 Å². The van der Waals surface area contributed by atoms with Gasteiger partial charge < -0.3 is 10.1 Å². The average Bonchev–Trinajstić information content (AvgIpc) is 3.28. The lowest BCUT2D eigenvalue weighted by Gasteiger charge is -2.08. The maximum Gasteiger partial charge on any atom is 0.220 e. The van der Waals surface area contributed by atoms with E-state index in [1.807, 2.05) is 30.3 Å². The molecule has 0 fully saturated rings. The fourth-order valence-electron chi connectivity index (χ4n) is 3.51. The fraction of sp³-hybridized carbons (Fsp3) is 0.154. The van der Waals surface area contributed by atoms with Gasteiger partial charge in [-0.3, -0.25) is 4.79 Å². The van der Waals surface area contributed by atoms with Crippen LogP contribution < -0.4 is 10.1 Å². The quantitative estimate of drug-likeness (QED) is 0.389. The first-order valence-corrected chi connectivity index (χ1v) is 10.6. The van der Waals surface area contributed by atoms with Crippen LogP contribution >= 0.6 is 0 Å². The summed E-state index contributed by atoms with van der Waals surface area (Å²) in [7, 11) is 1.58. The Balaban J connectivity index is 1.50. The van der Waals surface area contributed by atoms with Gasteiger partial charge in [-0.1, -0.05) is 12.1 Å². The third-order valence-electron chi connectivity index (χ3n) is 5.33. The number of amides is 1. The molecule has 0 aliphatic carbocycles. The molecule has 34 heavy (non-hydrogen) atoms. The Morgan fingerprint density at radius 1 is 1.00 bits per heavy atom. The van der Waals surface area contributed by atoms with Gasteiger partial charge in [0, 0.05) is 30.5 Å². The molecule has 8 heteroatoms. The Morgan fingerprint density at radius 3 is 2.44 bits per heavy atom. The number of carbonyl (C=O) groups excluding carboxylic acids is 1. The summed E-state index contributed by atoms with van der Waals surface area (Å²) in [5.74, 6) is -1.88. The standard InChI is InChI=1S/C26H22F3N3O2/c1-34-22-12-10-21(11-13-22)32-24(17-5-7-19(27)8-6-17)15-20(31-32)9-14-25(33)30-16-18-3-2-4-23(28)26(18)29/h2-8,10-13,15H,9,14,16H2,1H3,(H,30,33). The van der Waals surface area contributed by atoms with Crippen LogP contribution in [0, 0.1) is 17.5 Å². The summed E-state index contributed by atoms with van der Waals surface area (Å²) in [6.45, 7) is -0.108. The van der Waals surface area contributed by atoms with Gasteiger partial charge in [0.25, 0.3) is 0 Å². The predicted molar refractivity (Wildman–Crippen MR) is 122 cm³/mol. The van der Waals surface area contributed by atoms with E-state index in [9.17, 15) is 18.0 Å². The first kappa shape index (κ1) is 23.1. The van der Waals surface area contributed by atoms with Gasteiger partial charge in [0.2, 0.25) is 5.91 Å². The van der Waals surface area contributed by atoms with Crippen molar-refractivity contribution >= 4 is 5.91 Å². The van der Waals surface area contributed by atoms with Gasteiger partial charge in [-0.15, -0.1) is 0 Å². The van der Waals surface area contributed by atoms with Crippen molar-refractivity contribution in [3.8, 4) is 22.7 Å². The minimum Gasteiger partial charge on any atom is -0.497 e. The van der Waals surface area contributed by atoms with Gasteiger partial charge in [0.1, 0.15) is 11.6 Å². The molecular weight excluding hydrogens is 443 g/mol. The summed E-state index contributed by atoms with van der Waals surface area (Å²) in [4.78, 5) is 12.3. The summed E-state index contributed by atoms with van der Waals surface area (Å²) in [5, 5.41) is 7.25. The fourth-order valence-corrected chi connectivity index (χ4v) is 3.51. The topological polar surface area (TPSA) is 56.2 Å². The highest BCUT2D eigenvalue weighted by molar-refractivity contribution is 5.76. The molecule has 174 valence electrons. The molecule has 0 saturated carbocycles. The van der Waals surface area contributed by atoms with Gasteiger partial charge >= 0.3 is 0 Å². The van der Waals surface area contributed by atoms with Crippen LogP contribution in [-0.2, 0) is 17.8 Å². The molecule has 3 aromatic carbocycles. The van der Waals surface area contributed by atoms with Crippen LogP contribution in [0.2, 0.25) is 0 Å². The first-order chi connectivity index (χ1) is 16.4. The van der Waals surface area contributed by atoms with Crippen molar-refractivity contribution in [2.24, 2.45) is 0 Å². The Kier molecular flexibility index (Phi) is 6.96. The number of benzene rings is 3. The van der Waals surface area contributed by atoms with E-state index in [1.165, 1.54) is 24.3 Å². The number of methoxy groups -OCH3 is 1. The lowest BCUT2D eigenvalue weighted by Crippen LogP contribution is -2.23. The molecule has 0 radical (unpaired) electrons. The third kappa shape index (κ3) is 5.28. The summed E-state index contributed by atoms with van der Waals surface area (Å²) in [5.41, 5.74) is 3.01. The normalized spacial score (nSPS) is 10.8. The van der Waals surface area contributed by atoms with Crippen LogP contribution in [0.5, 0.6) is 5.75 Å². The Morgan fingerprint density at radius 2 is 1.74 bits per heavy atom. The molecule has 1 amide bonds. The lowest BCUT2D eigenvalue weighted by atomic mass is 10.1. The average molecular weight is 465 g/mol. The molecule has 5 nitrogen and oxygen atoms in total. The Labute approximate surface area is 194 Å². The highest BCUT2D eigenvalue weighted by Crippen LogP contribution is 2.26. The number of hydrogen-bond acceptors (Lipinski definition) is 3. The number of aromatic nitrogens is 2. The first-order valence-electron chi connectivity index (χ1n) is 10.6. The number of hydrogen-bond donors (Lipinski definition) is 1. The zero-order valence-corrected chi connectivity index (χ0v) is 18.4. The van der Waals surface area contributed by atoms with Crippen molar-refractivity contribution in [2.45, 2.75) is 19.4 Å². The third-order valence-corrected chi connectivity index (χ3v) is 5.33. The maximum absolute atomic E-state index is 13.8. The molecule has 4 aromatic rings. The molecule has 1 N–H and O–H groups in total. The molecule has 1 heterocycles. The van der Waals surface area contributed by atoms with E-state index in [2.05, 4.69) is 10.4 Å². The van der Waals surface area contributed by atoms with Crippen molar-refractivity contribution in [1.29, 1.82) is 0 Å². The molecule has 0 atom stereocenters. The highest BCUT2D eigenvalue weighted by Gasteiger charge is 2.14. The van der Waals surface area contributed by atoms with Crippen molar-refractivity contribution < 1.29 is 22.7 Å². The maximum atomic E-state index is 13.8. The van der Waals surface area contributed by atoms with E-state index in [-0.39, 0.29) is 30.3 Å². The number of halogens is 3. The van der Waals surface area contributed by atoms with E-state index < -0.39 is 11.6 Å². The molecule has 0 bridgehead atoms. The van der Waals surface area contributed by atoms with Gasteiger partial charge in [0.05, 0.1) is 24.2 Å². The summed E-state index contributed by atoms with van der Waals surface area (Å²) >= 11 is 0. The van der Waals surface area contributed by atoms with E-state index in [0.717, 1.165) is 23.0 Å². The molecule has 0 aliphatic heterocycles. The van der Waals surface area contributed by atoms with Crippen molar-refractivity contribution in [3.05, 3.63) is 102 Å². The molecule has 0 saturated heterocycles. The second kappa shape index (κ2) is 10.2. The second-order valence-corrected chi connectivity index (χ2v) is 7.63. The zero-order chi connectivity index (χ0) is 24.1. The van der Waals surface area contributed by atoms with E-state index in [0.29, 0.717) is 17.9 Å². The van der Waals surface area contributed by atoms with E-state index >= 15 is 0 Å². The van der Waals surface area contributed by atoms with Crippen LogP contribution in [0.25, 0.3) is 16.9 Å². The number of nitrogens with zero attached hydrogens (tertiary/aromatic N) is 2. The number of rotatable bonds is 8. The largest absolute Gasteiger partial charge is 0.497 e. The van der Waals surface area contributed by atoms with Gasteiger partial charge in [-0.25, -0.2) is 17.9 Å². The number of ether oxygens (including phenoxy) is 1. The van der Waals surface area contributed by atoms with Crippen LogP contribution in [0.3, 0.4) is 0 Å². The Bertz CT molecular complexity index is 1290. The van der Waals surface area contributed by atoms with Crippen LogP contribution in [0.1, 0.15) is 17.7 Å².